The van der Waals surface area contributed by atoms with Crippen LogP contribution in [-0.2, 0) is 11.2 Å². The summed E-state index contributed by atoms with van der Waals surface area (Å²) in [6, 6.07) is 15.7. The molecule has 2 aromatic rings. The normalized spacial score (nSPS) is 21.4. The van der Waals surface area contributed by atoms with Gasteiger partial charge in [-0.2, -0.15) is 0 Å². The molecule has 1 aliphatic rings. The standard InChI is InChI=1S/C19H20ClNO/c1-12(13-6-8-16(20)9-7-13)18(22)11-15-10-14-4-2-3-5-17(14)19(15)21/h2-9,12,15,19H,10-11,21H2,1H3/t12?,15-,19-/m1/s1. The SMILES string of the molecule is CC(C(=O)C[C@H]1Cc2ccccc2[C@@H]1N)c1ccc(Cl)cc1. The van der Waals surface area contributed by atoms with E-state index in [1.807, 2.05) is 43.3 Å². The highest BCUT2D eigenvalue weighted by Crippen LogP contribution is 2.37. The predicted octanol–water partition coefficient (Wildman–Crippen LogP) is 4.28. The molecule has 0 heterocycles. The Bertz CT molecular complexity index is 680. The third kappa shape index (κ3) is 2.94. The molecule has 1 aliphatic carbocycles. The number of rotatable bonds is 4. The minimum absolute atomic E-state index is 0.0300. The molecule has 0 saturated carbocycles. The first kappa shape index (κ1) is 15.3. The zero-order valence-electron chi connectivity index (χ0n) is 12.6. The molecule has 2 N–H and O–H groups in total. The van der Waals surface area contributed by atoms with Crippen LogP contribution in [0, 0.1) is 5.92 Å². The van der Waals surface area contributed by atoms with Gasteiger partial charge in [-0.25, -0.2) is 0 Å². The predicted molar refractivity (Wildman–Crippen MR) is 90.1 cm³/mol. The van der Waals surface area contributed by atoms with E-state index in [1.165, 1.54) is 11.1 Å². The molecule has 0 bridgehead atoms. The van der Waals surface area contributed by atoms with Crippen LogP contribution in [0.25, 0.3) is 0 Å². The van der Waals surface area contributed by atoms with Gasteiger partial charge in [0.15, 0.2) is 0 Å². The van der Waals surface area contributed by atoms with Gasteiger partial charge in [0.2, 0.25) is 0 Å². The van der Waals surface area contributed by atoms with Crippen LogP contribution in [-0.4, -0.2) is 5.78 Å². The van der Waals surface area contributed by atoms with Crippen molar-refractivity contribution >= 4 is 17.4 Å². The zero-order valence-corrected chi connectivity index (χ0v) is 13.4. The molecular formula is C19H20ClNO. The van der Waals surface area contributed by atoms with Crippen LogP contribution in [0.15, 0.2) is 48.5 Å². The maximum absolute atomic E-state index is 12.6. The molecule has 0 amide bonds. The van der Waals surface area contributed by atoms with Crippen LogP contribution >= 0.6 is 11.6 Å². The smallest absolute Gasteiger partial charge is 0.140 e. The van der Waals surface area contributed by atoms with Crippen LogP contribution in [0.3, 0.4) is 0 Å². The van der Waals surface area contributed by atoms with Crippen LogP contribution < -0.4 is 5.73 Å². The first-order chi connectivity index (χ1) is 10.6. The Hall–Kier alpha value is -1.64. The Labute approximate surface area is 136 Å². The van der Waals surface area contributed by atoms with Gasteiger partial charge in [-0.3, -0.25) is 4.79 Å². The molecule has 3 rings (SSSR count). The van der Waals surface area contributed by atoms with Gasteiger partial charge in [-0.15, -0.1) is 0 Å². The van der Waals surface area contributed by atoms with Gasteiger partial charge in [-0.05, 0) is 41.2 Å². The Morgan fingerprint density at radius 1 is 1.23 bits per heavy atom. The number of halogens is 1. The van der Waals surface area contributed by atoms with Gasteiger partial charge in [0.1, 0.15) is 5.78 Å². The number of hydrogen-bond donors (Lipinski definition) is 1. The summed E-state index contributed by atoms with van der Waals surface area (Å²) < 4.78 is 0. The van der Waals surface area contributed by atoms with Crippen molar-refractivity contribution in [1.29, 1.82) is 0 Å². The topological polar surface area (TPSA) is 43.1 Å². The van der Waals surface area contributed by atoms with E-state index in [0.717, 1.165) is 12.0 Å². The lowest BCUT2D eigenvalue weighted by Gasteiger charge is -2.18. The number of hydrogen-bond acceptors (Lipinski definition) is 2. The number of fused-ring (bicyclic) bond motifs is 1. The molecule has 1 unspecified atom stereocenters. The van der Waals surface area contributed by atoms with Gasteiger partial charge >= 0.3 is 0 Å². The summed E-state index contributed by atoms with van der Waals surface area (Å²) in [4.78, 5) is 12.6. The van der Waals surface area contributed by atoms with E-state index < -0.39 is 0 Å². The first-order valence-electron chi connectivity index (χ1n) is 7.68. The molecular weight excluding hydrogens is 294 g/mol. The fraction of sp³-hybridized carbons (Fsp3) is 0.316. The summed E-state index contributed by atoms with van der Waals surface area (Å²) in [5.41, 5.74) is 9.82. The first-order valence-corrected chi connectivity index (χ1v) is 8.05. The van der Waals surface area contributed by atoms with Crippen molar-refractivity contribution < 1.29 is 4.79 Å². The summed E-state index contributed by atoms with van der Waals surface area (Å²) in [6.45, 7) is 1.96. The van der Waals surface area contributed by atoms with E-state index in [-0.39, 0.29) is 23.7 Å². The number of benzene rings is 2. The molecule has 3 atom stereocenters. The molecule has 22 heavy (non-hydrogen) atoms. The Morgan fingerprint density at radius 3 is 2.59 bits per heavy atom. The molecule has 0 aromatic heterocycles. The molecule has 0 radical (unpaired) electrons. The van der Waals surface area contributed by atoms with Crippen LogP contribution in [0.4, 0.5) is 0 Å². The number of carbonyl (C=O) groups is 1. The van der Waals surface area contributed by atoms with E-state index in [2.05, 4.69) is 12.1 Å². The second-order valence-corrected chi connectivity index (χ2v) is 6.57. The van der Waals surface area contributed by atoms with Crippen LogP contribution in [0.5, 0.6) is 0 Å². The van der Waals surface area contributed by atoms with Crippen molar-refractivity contribution in [3.63, 3.8) is 0 Å². The van der Waals surface area contributed by atoms with E-state index in [9.17, 15) is 4.79 Å². The lowest BCUT2D eigenvalue weighted by molar-refractivity contribution is -0.121. The molecule has 2 aromatic carbocycles. The summed E-state index contributed by atoms with van der Waals surface area (Å²) in [6.07, 6.45) is 1.43. The van der Waals surface area contributed by atoms with Crippen molar-refractivity contribution in [2.45, 2.75) is 31.7 Å². The highest BCUT2D eigenvalue weighted by molar-refractivity contribution is 6.30. The maximum Gasteiger partial charge on any atom is 0.140 e. The number of Topliss-reactive ketones (excluding diaryl/α,β-unsaturated/α-hetero) is 1. The number of nitrogens with two attached hydrogens (primary N) is 1. The fourth-order valence-electron chi connectivity index (χ4n) is 3.28. The molecule has 3 heteroatoms. The molecule has 0 saturated heterocycles. The van der Waals surface area contributed by atoms with Crippen molar-refractivity contribution in [3.8, 4) is 0 Å². The lowest BCUT2D eigenvalue weighted by atomic mass is 9.88. The second kappa shape index (κ2) is 6.23. The van der Waals surface area contributed by atoms with E-state index >= 15 is 0 Å². The number of ketones is 1. The third-order valence-corrected chi connectivity index (χ3v) is 4.97. The van der Waals surface area contributed by atoms with Crippen molar-refractivity contribution in [2.75, 3.05) is 0 Å². The minimum atomic E-state index is -0.117. The van der Waals surface area contributed by atoms with Crippen LogP contribution in [0.1, 0.15) is 42.0 Å². The Balaban J connectivity index is 1.69. The third-order valence-electron chi connectivity index (χ3n) is 4.72. The fourth-order valence-corrected chi connectivity index (χ4v) is 3.41. The quantitative estimate of drug-likeness (QED) is 0.915. The van der Waals surface area contributed by atoms with E-state index in [1.54, 1.807) is 0 Å². The van der Waals surface area contributed by atoms with Crippen molar-refractivity contribution in [2.24, 2.45) is 11.7 Å². The summed E-state index contributed by atoms with van der Waals surface area (Å²) in [5, 5.41) is 0.691. The molecule has 2 nitrogen and oxygen atoms in total. The Kier molecular flexibility index (Phi) is 4.32. The van der Waals surface area contributed by atoms with Gasteiger partial charge in [-0.1, -0.05) is 54.9 Å². The van der Waals surface area contributed by atoms with Crippen molar-refractivity contribution in [3.05, 3.63) is 70.2 Å². The van der Waals surface area contributed by atoms with Crippen molar-refractivity contribution in [1.82, 2.24) is 0 Å². The van der Waals surface area contributed by atoms with Gasteiger partial charge in [0.05, 0.1) is 0 Å². The largest absolute Gasteiger partial charge is 0.324 e. The Morgan fingerprint density at radius 2 is 1.91 bits per heavy atom. The monoisotopic (exact) mass is 313 g/mol. The highest BCUT2D eigenvalue weighted by atomic mass is 35.5. The van der Waals surface area contributed by atoms with Crippen LogP contribution in [0.2, 0.25) is 5.02 Å². The molecule has 0 spiro atoms. The van der Waals surface area contributed by atoms with Gasteiger partial charge in [0, 0.05) is 23.4 Å². The summed E-state index contributed by atoms with van der Waals surface area (Å²) >= 11 is 5.90. The summed E-state index contributed by atoms with van der Waals surface area (Å²) in [5.74, 6) is 0.336. The molecule has 114 valence electrons. The van der Waals surface area contributed by atoms with Gasteiger partial charge in [0.25, 0.3) is 0 Å². The van der Waals surface area contributed by atoms with E-state index in [0.29, 0.717) is 11.4 Å². The molecule has 0 aliphatic heterocycles. The summed E-state index contributed by atoms with van der Waals surface area (Å²) in [7, 11) is 0. The maximum atomic E-state index is 12.6. The average molecular weight is 314 g/mol. The van der Waals surface area contributed by atoms with E-state index in [4.69, 9.17) is 17.3 Å². The highest BCUT2D eigenvalue weighted by Gasteiger charge is 2.32. The number of carbonyl (C=O) groups excluding carboxylic acids is 1. The van der Waals surface area contributed by atoms with Gasteiger partial charge < -0.3 is 5.73 Å². The zero-order chi connectivity index (χ0) is 15.7. The minimum Gasteiger partial charge on any atom is -0.324 e. The lowest BCUT2D eigenvalue weighted by Crippen LogP contribution is -2.22. The average Bonchev–Trinajstić information content (AvgIpc) is 2.84. The molecule has 0 fully saturated rings. The second-order valence-electron chi connectivity index (χ2n) is 6.13.